The third-order valence-corrected chi connectivity index (χ3v) is 7.66. The first-order valence-corrected chi connectivity index (χ1v) is 11.9. The Kier molecular flexibility index (Phi) is 5.23. The van der Waals surface area contributed by atoms with Crippen LogP contribution in [0.25, 0.3) is 10.8 Å². The van der Waals surface area contributed by atoms with E-state index in [9.17, 15) is 9.59 Å². The molecule has 0 bridgehead atoms. The van der Waals surface area contributed by atoms with E-state index in [0.717, 1.165) is 17.2 Å². The van der Waals surface area contributed by atoms with E-state index in [1.54, 1.807) is 22.7 Å². The van der Waals surface area contributed by atoms with Gasteiger partial charge in [0.1, 0.15) is 0 Å². The lowest BCUT2D eigenvalue weighted by atomic mass is 9.97. The second-order valence-electron chi connectivity index (χ2n) is 7.54. The van der Waals surface area contributed by atoms with Crippen molar-refractivity contribution in [3.8, 4) is 0 Å². The highest BCUT2D eigenvalue weighted by Crippen LogP contribution is 2.39. The number of benzene rings is 2. The first kappa shape index (κ1) is 19.2. The Morgan fingerprint density at radius 1 is 0.900 bits per heavy atom. The molecule has 0 fully saturated rings. The molecule has 0 radical (unpaired) electrons. The lowest BCUT2D eigenvalue weighted by molar-refractivity contribution is -0.133. The molecule has 4 aromatic rings. The highest BCUT2D eigenvalue weighted by molar-refractivity contribution is 7.10. The Bertz CT molecular complexity index is 1210. The summed E-state index contributed by atoms with van der Waals surface area (Å²) in [4.78, 5) is 30.5. The molecule has 0 N–H and O–H groups in total. The molecule has 3 heterocycles. The quantitative estimate of drug-likeness (QED) is 0.358. The lowest BCUT2D eigenvalue weighted by Crippen LogP contribution is -2.39. The average Bonchev–Trinajstić information content (AvgIpc) is 3.48. The van der Waals surface area contributed by atoms with Crippen LogP contribution in [0.4, 0.5) is 0 Å². The molecule has 1 aliphatic heterocycles. The third-order valence-electron chi connectivity index (χ3n) is 5.74. The molecule has 2 aromatic heterocycles. The van der Waals surface area contributed by atoms with Crippen LogP contribution in [0.3, 0.4) is 0 Å². The van der Waals surface area contributed by atoms with Crippen LogP contribution in [0.1, 0.15) is 44.6 Å². The van der Waals surface area contributed by atoms with Gasteiger partial charge in [-0.25, -0.2) is 0 Å². The number of thiophene rings is 2. The molecule has 1 amide bonds. The van der Waals surface area contributed by atoms with Crippen molar-refractivity contribution < 1.29 is 9.59 Å². The number of Topliss-reactive ketones (excluding diaryl/α,β-unsaturated/α-hetero) is 1. The van der Waals surface area contributed by atoms with Gasteiger partial charge in [-0.2, -0.15) is 0 Å². The van der Waals surface area contributed by atoms with E-state index in [-0.39, 0.29) is 30.6 Å². The Morgan fingerprint density at radius 3 is 2.60 bits per heavy atom. The van der Waals surface area contributed by atoms with Crippen molar-refractivity contribution in [3.05, 3.63) is 92.3 Å². The van der Waals surface area contributed by atoms with Crippen LogP contribution in [0.5, 0.6) is 0 Å². The summed E-state index contributed by atoms with van der Waals surface area (Å²) in [6.07, 6.45) is 1.37. The van der Waals surface area contributed by atoms with Crippen LogP contribution < -0.4 is 0 Å². The topological polar surface area (TPSA) is 37.4 Å². The van der Waals surface area contributed by atoms with Gasteiger partial charge in [0.2, 0.25) is 5.91 Å². The summed E-state index contributed by atoms with van der Waals surface area (Å²) in [6, 6.07) is 20.0. The molecule has 5 heteroatoms. The SMILES string of the molecule is O=C(CCC(=O)N1CCc2sccc2C1c1cccs1)c1ccc2ccccc2c1. The zero-order chi connectivity index (χ0) is 20.5. The van der Waals surface area contributed by atoms with E-state index in [1.807, 2.05) is 53.4 Å². The molecule has 150 valence electrons. The molecule has 0 saturated carbocycles. The second kappa shape index (κ2) is 8.17. The smallest absolute Gasteiger partial charge is 0.223 e. The predicted molar refractivity (Wildman–Crippen MR) is 123 cm³/mol. The maximum atomic E-state index is 13.2. The Labute approximate surface area is 183 Å². The molecule has 30 heavy (non-hydrogen) atoms. The number of rotatable bonds is 5. The van der Waals surface area contributed by atoms with Gasteiger partial charge in [-0.15, -0.1) is 22.7 Å². The van der Waals surface area contributed by atoms with Gasteiger partial charge in [-0.05, 0) is 51.7 Å². The average molecular weight is 432 g/mol. The minimum absolute atomic E-state index is 0.0232. The standard InChI is InChI=1S/C25H21NO2S2/c27-21(19-8-7-17-4-1-2-5-18(17)16-19)9-10-24(28)26-13-11-22-20(12-15-30-22)25(26)23-6-3-14-29-23/h1-8,12,14-16,25H,9-11,13H2. The van der Waals surface area contributed by atoms with E-state index < -0.39 is 0 Å². The summed E-state index contributed by atoms with van der Waals surface area (Å²) in [5, 5.41) is 6.34. The molecule has 2 aromatic carbocycles. The van der Waals surface area contributed by atoms with Crippen molar-refractivity contribution in [2.75, 3.05) is 6.54 Å². The largest absolute Gasteiger partial charge is 0.330 e. The molecule has 1 unspecified atom stereocenters. The van der Waals surface area contributed by atoms with Crippen LogP contribution in [0.2, 0.25) is 0 Å². The van der Waals surface area contributed by atoms with Gasteiger partial charge in [0, 0.05) is 34.7 Å². The van der Waals surface area contributed by atoms with Crippen LogP contribution in [-0.4, -0.2) is 23.1 Å². The molecule has 1 atom stereocenters. The maximum absolute atomic E-state index is 13.2. The van der Waals surface area contributed by atoms with E-state index in [4.69, 9.17) is 0 Å². The number of carbonyl (C=O) groups is 2. The van der Waals surface area contributed by atoms with Gasteiger partial charge in [0.05, 0.1) is 6.04 Å². The summed E-state index contributed by atoms with van der Waals surface area (Å²) in [6.45, 7) is 0.707. The van der Waals surface area contributed by atoms with Gasteiger partial charge in [-0.1, -0.05) is 42.5 Å². The Hall–Kier alpha value is -2.76. The maximum Gasteiger partial charge on any atom is 0.223 e. The summed E-state index contributed by atoms with van der Waals surface area (Å²) >= 11 is 3.45. The fraction of sp³-hybridized carbons (Fsp3) is 0.200. The van der Waals surface area contributed by atoms with Crippen molar-refractivity contribution in [1.82, 2.24) is 4.90 Å². The van der Waals surface area contributed by atoms with Crippen LogP contribution in [0.15, 0.2) is 71.4 Å². The van der Waals surface area contributed by atoms with Gasteiger partial charge in [0.25, 0.3) is 0 Å². The normalized spacial score (nSPS) is 15.9. The summed E-state index contributed by atoms with van der Waals surface area (Å²) in [7, 11) is 0. The summed E-state index contributed by atoms with van der Waals surface area (Å²) in [5.41, 5.74) is 1.91. The van der Waals surface area contributed by atoms with E-state index in [0.29, 0.717) is 12.1 Å². The van der Waals surface area contributed by atoms with Crippen molar-refractivity contribution in [3.63, 3.8) is 0 Å². The monoisotopic (exact) mass is 431 g/mol. The molecule has 3 nitrogen and oxygen atoms in total. The molecule has 0 aliphatic carbocycles. The van der Waals surface area contributed by atoms with Gasteiger partial charge < -0.3 is 4.90 Å². The fourth-order valence-electron chi connectivity index (χ4n) is 4.21. The number of carbonyl (C=O) groups excluding carboxylic acids is 2. The van der Waals surface area contributed by atoms with E-state index >= 15 is 0 Å². The second-order valence-corrected chi connectivity index (χ2v) is 9.52. The minimum Gasteiger partial charge on any atom is -0.330 e. The number of nitrogens with zero attached hydrogens (tertiary/aromatic N) is 1. The van der Waals surface area contributed by atoms with Crippen LogP contribution in [0, 0.1) is 0 Å². The number of fused-ring (bicyclic) bond motifs is 2. The Balaban J connectivity index is 1.32. The fourth-order valence-corrected chi connectivity index (χ4v) is 5.97. The highest BCUT2D eigenvalue weighted by Gasteiger charge is 2.33. The highest BCUT2D eigenvalue weighted by atomic mass is 32.1. The molecule has 1 aliphatic rings. The summed E-state index contributed by atoms with van der Waals surface area (Å²) < 4.78 is 0. The van der Waals surface area contributed by atoms with Crippen molar-refractivity contribution in [2.24, 2.45) is 0 Å². The number of amides is 1. The van der Waals surface area contributed by atoms with Gasteiger partial charge in [0.15, 0.2) is 5.78 Å². The third kappa shape index (κ3) is 3.59. The van der Waals surface area contributed by atoms with Crippen molar-refractivity contribution >= 4 is 45.1 Å². The van der Waals surface area contributed by atoms with Crippen molar-refractivity contribution in [1.29, 1.82) is 0 Å². The van der Waals surface area contributed by atoms with Crippen LogP contribution in [-0.2, 0) is 11.2 Å². The first-order valence-electron chi connectivity index (χ1n) is 10.1. The zero-order valence-electron chi connectivity index (χ0n) is 16.4. The number of hydrogen-bond donors (Lipinski definition) is 0. The van der Waals surface area contributed by atoms with Crippen LogP contribution >= 0.6 is 22.7 Å². The number of ketones is 1. The first-order chi connectivity index (χ1) is 14.7. The minimum atomic E-state index is -0.0247. The van der Waals surface area contributed by atoms with Gasteiger partial charge in [-0.3, -0.25) is 9.59 Å². The summed E-state index contributed by atoms with van der Waals surface area (Å²) in [5.74, 6) is 0.0781. The van der Waals surface area contributed by atoms with E-state index in [2.05, 4.69) is 22.9 Å². The number of hydrogen-bond acceptors (Lipinski definition) is 4. The molecule has 5 rings (SSSR count). The van der Waals surface area contributed by atoms with Crippen molar-refractivity contribution in [2.45, 2.75) is 25.3 Å². The molecule has 0 saturated heterocycles. The molecule has 0 spiro atoms. The van der Waals surface area contributed by atoms with E-state index in [1.165, 1.54) is 15.3 Å². The predicted octanol–water partition coefficient (Wildman–Crippen LogP) is 6.10. The molecular formula is C25H21NO2S2. The lowest BCUT2D eigenvalue weighted by Gasteiger charge is -2.35. The Morgan fingerprint density at radius 2 is 1.77 bits per heavy atom. The zero-order valence-corrected chi connectivity index (χ0v) is 18.0. The van der Waals surface area contributed by atoms with Gasteiger partial charge >= 0.3 is 0 Å². The molecular weight excluding hydrogens is 410 g/mol.